The Hall–Kier alpha value is -1.84. The van der Waals surface area contributed by atoms with Gasteiger partial charge in [0, 0.05) is 0 Å². The molecule has 0 fully saturated rings. The number of esters is 1. The van der Waals surface area contributed by atoms with Gasteiger partial charge in [-0.3, -0.25) is 4.79 Å². The van der Waals surface area contributed by atoms with Gasteiger partial charge in [0.25, 0.3) is 0 Å². The van der Waals surface area contributed by atoms with Crippen molar-refractivity contribution >= 4 is 11.9 Å². The van der Waals surface area contributed by atoms with Crippen molar-refractivity contribution in [3.63, 3.8) is 0 Å². The van der Waals surface area contributed by atoms with Crippen LogP contribution in [0.4, 0.5) is 0 Å². The molecule has 1 atom stereocenters. The molecule has 0 aliphatic carbocycles. The number of rotatable bonds is 7. The molecule has 20 heavy (non-hydrogen) atoms. The molecule has 0 saturated heterocycles. The maximum absolute atomic E-state index is 12.0. The Morgan fingerprint density at radius 3 is 2.40 bits per heavy atom. The Balaban J connectivity index is 2.59. The number of hydrogen-bond acceptors (Lipinski definition) is 3. The van der Waals surface area contributed by atoms with Gasteiger partial charge in [-0.1, -0.05) is 44.2 Å². The molecule has 0 spiro atoms. The number of nitrogens with one attached hydrogen (secondary N) is 1. The lowest BCUT2D eigenvalue weighted by molar-refractivity contribution is -0.147. The van der Waals surface area contributed by atoms with Crippen LogP contribution in [0, 0.1) is 5.92 Å². The second-order valence-corrected chi connectivity index (χ2v) is 5.16. The van der Waals surface area contributed by atoms with Gasteiger partial charge in [-0.05, 0) is 24.8 Å². The summed E-state index contributed by atoms with van der Waals surface area (Å²) in [6.45, 7) is 6.10. The monoisotopic (exact) mass is 277 g/mol. The summed E-state index contributed by atoms with van der Waals surface area (Å²) in [6.07, 6.45) is 0.855. The zero-order chi connectivity index (χ0) is 15.0. The summed E-state index contributed by atoms with van der Waals surface area (Å²) in [6, 6.07) is 8.90. The molecule has 1 rings (SSSR count). The van der Waals surface area contributed by atoms with E-state index in [1.165, 1.54) is 0 Å². The maximum Gasteiger partial charge on any atom is 0.328 e. The molecule has 1 unspecified atom stereocenters. The van der Waals surface area contributed by atoms with Crippen LogP contribution in [0.1, 0.15) is 32.8 Å². The van der Waals surface area contributed by atoms with Gasteiger partial charge < -0.3 is 10.1 Å². The SMILES string of the molecule is CCOC(=O)C(CC(C)C)NC(=O)Cc1ccccc1. The van der Waals surface area contributed by atoms with Gasteiger partial charge in [0.15, 0.2) is 0 Å². The number of ether oxygens (including phenoxy) is 1. The van der Waals surface area contributed by atoms with Gasteiger partial charge in [0.1, 0.15) is 6.04 Å². The van der Waals surface area contributed by atoms with Crippen molar-refractivity contribution < 1.29 is 14.3 Å². The van der Waals surface area contributed by atoms with E-state index in [2.05, 4.69) is 5.32 Å². The fraction of sp³-hybridized carbons (Fsp3) is 0.500. The quantitative estimate of drug-likeness (QED) is 0.778. The van der Waals surface area contributed by atoms with Crippen molar-refractivity contribution in [1.29, 1.82) is 0 Å². The van der Waals surface area contributed by atoms with E-state index in [1.54, 1.807) is 6.92 Å². The van der Waals surface area contributed by atoms with Crippen LogP contribution in [0.25, 0.3) is 0 Å². The summed E-state index contributed by atoms with van der Waals surface area (Å²) in [5, 5.41) is 2.77. The van der Waals surface area contributed by atoms with Crippen LogP contribution < -0.4 is 5.32 Å². The molecule has 1 aromatic rings. The van der Waals surface area contributed by atoms with E-state index in [0.29, 0.717) is 18.9 Å². The van der Waals surface area contributed by atoms with E-state index >= 15 is 0 Å². The van der Waals surface area contributed by atoms with E-state index < -0.39 is 6.04 Å². The number of amides is 1. The molecule has 1 N–H and O–H groups in total. The van der Waals surface area contributed by atoms with E-state index in [1.807, 2.05) is 44.2 Å². The van der Waals surface area contributed by atoms with Crippen LogP contribution in [0.3, 0.4) is 0 Å². The standard InChI is InChI=1S/C16H23NO3/c1-4-20-16(19)14(10-12(2)3)17-15(18)11-13-8-6-5-7-9-13/h5-9,12,14H,4,10-11H2,1-3H3,(H,17,18). The third kappa shape index (κ3) is 5.87. The Morgan fingerprint density at radius 1 is 1.20 bits per heavy atom. The van der Waals surface area contributed by atoms with Gasteiger partial charge in [-0.2, -0.15) is 0 Å². The lowest BCUT2D eigenvalue weighted by Gasteiger charge is -2.19. The molecule has 1 amide bonds. The fourth-order valence-corrected chi connectivity index (χ4v) is 1.95. The normalized spacial score (nSPS) is 12.0. The molecule has 0 aromatic heterocycles. The van der Waals surface area contributed by atoms with Crippen LogP contribution >= 0.6 is 0 Å². The highest BCUT2D eigenvalue weighted by atomic mass is 16.5. The molecule has 0 aliphatic rings. The highest BCUT2D eigenvalue weighted by molar-refractivity contribution is 5.85. The molecule has 110 valence electrons. The van der Waals surface area contributed by atoms with Crippen molar-refractivity contribution in [3.05, 3.63) is 35.9 Å². The van der Waals surface area contributed by atoms with E-state index in [-0.39, 0.29) is 18.3 Å². The average molecular weight is 277 g/mol. The first kappa shape index (κ1) is 16.2. The lowest BCUT2D eigenvalue weighted by Crippen LogP contribution is -2.43. The lowest BCUT2D eigenvalue weighted by atomic mass is 10.0. The smallest absolute Gasteiger partial charge is 0.328 e. The third-order valence-corrected chi connectivity index (χ3v) is 2.82. The zero-order valence-electron chi connectivity index (χ0n) is 12.4. The van der Waals surface area contributed by atoms with Crippen molar-refractivity contribution in [2.24, 2.45) is 5.92 Å². The third-order valence-electron chi connectivity index (χ3n) is 2.82. The Bertz CT molecular complexity index is 429. The Labute approximate surface area is 120 Å². The second-order valence-electron chi connectivity index (χ2n) is 5.16. The predicted molar refractivity (Wildman–Crippen MR) is 78.2 cm³/mol. The summed E-state index contributed by atoms with van der Waals surface area (Å²) in [5.41, 5.74) is 0.928. The first-order valence-corrected chi connectivity index (χ1v) is 7.02. The van der Waals surface area contributed by atoms with Crippen LogP contribution in [0.5, 0.6) is 0 Å². The van der Waals surface area contributed by atoms with Crippen molar-refractivity contribution in [2.45, 2.75) is 39.7 Å². The summed E-state index contributed by atoms with van der Waals surface area (Å²) in [7, 11) is 0. The average Bonchev–Trinajstić information content (AvgIpc) is 2.38. The largest absolute Gasteiger partial charge is 0.464 e. The van der Waals surface area contributed by atoms with Gasteiger partial charge in [0.05, 0.1) is 13.0 Å². The van der Waals surface area contributed by atoms with E-state index in [4.69, 9.17) is 4.74 Å². The predicted octanol–water partition coefficient (Wildman–Crippen LogP) is 2.32. The summed E-state index contributed by atoms with van der Waals surface area (Å²) in [4.78, 5) is 23.8. The minimum atomic E-state index is -0.564. The second kappa shape index (κ2) is 8.35. The highest BCUT2D eigenvalue weighted by Gasteiger charge is 2.22. The molecule has 0 radical (unpaired) electrons. The molecular formula is C16H23NO3. The van der Waals surface area contributed by atoms with Crippen molar-refractivity contribution in [2.75, 3.05) is 6.61 Å². The zero-order valence-corrected chi connectivity index (χ0v) is 12.4. The topological polar surface area (TPSA) is 55.4 Å². The maximum atomic E-state index is 12.0. The van der Waals surface area contributed by atoms with Gasteiger partial charge >= 0.3 is 5.97 Å². The van der Waals surface area contributed by atoms with Gasteiger partial charge in [-0.15, -0.1) is 0 Å². The van der Waals surface area contributed by atoms with Crippen LogP contribution in [-0.2, 0) is 20.7 Å². The number of carbonyl (C=O) groups excluding carboxylic acids is 2. The molecule has 4 nitrogen and oxygen atoms in total. The first-order valence-electron chi connectivity index (χ1n) is 7.02. The number of benzene rings is 1. The highest BCUT2D eigenvalue weighted by Crippen LogP contribution is 2.07. The van der Waals surface area contributed by atoms with E-state index in [9.17, 15) is 9.59 Å². The van der Waals surface area contributed by atoms with Crippen LogP contribution in [-0.4, -0.2) is 24.5 Å². The van der Waals surface area contributed by atoms with Crippen LogP contribution in [0.2, 0.25) is 0 Å². The molecular weight excluding hydrogens is 254 g/mol. The van der Waals surface area contributed by atoms with Crippen LogP contribution in [0.15, 0.2) is 30.3 Å². The van der Waals surface area contributed by atoms with Crippen molar-refractivity contribution in [3.8, 4) is 0 Å². The molecule has 4 heteroatoms. The summed E-state index contributed by atoms with van der Waals surface area (Å²) >= 11 is 0. The van der Waals surface area contributed by atoms with Crippen molar-refractivity contribution in [1.82, 2.24) is 5.32 Å². The van der Waals surface area contributed by atoms with Gasteiger partial charge in [-0.25, -0.2) is 4.79 Å². The Kier molecular flexibility index (Phi) is 6.77. The molecule has 0 saturated carbocycles. The molecule has 0 heterocycles. The molecule has 0 bridgehead atoms. The summed E-state index contributed by atoms with van der Waals surface area (Å²) in [5.74, 6) is -0.209. The van der Waals surface area contributed by atoms with Gasteiger partial charge in [0.2, 0.25) is 5.91 Å². The minimum absolute atomic E-state index is 0.157. The summed E-state index contributed by atoms with van der Waals surface area (Å²) < 4.78 is 5.00. The first-order chi connectivity index (χ1) is 9.52. The number of hydrogen-bond donors (Lipinski definition) is 1. The Morgan fingerprint density at radius 2 is 1.85 bits per heavy atom. The number of carbonyl (C=O) groups is 2. The fourth-order valence-electron chi connectivity index (χ4n) is 1.95. The molecule has 1 aromatic carbocycles. The molecule has 0 aliphatic heterocycles. The van der Waals surface area contributed by atoms with E-state index in [0.717, 1.165) is 5.56 Å². The minimum Gasteiger partial charge on any atom is -0.464 e.